The standard InChI is InChI=1S/C14H26N2O/c17-12-14(5-1-2-6-14)11-15-8-9-16-7-3-4-13(16)10-15/h13,17H,1-12H2. The Bertz CT molecular complexity index is 263. The van der Waals surface area contributed by atoms with Gasteiger partial charge in [-0.15, -0.1) is 0 Å². The molecule has 3 fully saturated rings. The summed E-state index contributed by atoms with van der Waals surface area (Å²) >= 11 is 0. The molecule has 3 aliphatic rings. The summed E-state index contributed by atoms with van der Waals surface area (Å²) in [4.78, 5) is 5.30. The van der Waals surface area contributed by atoms with Crippen molar-refractivity contribution in [3.8, 4) is 0 Å². The Hall–Kier alpha value is -0.120. The highest BCUT2D eigenvalue weighted by Gasteiger charge is 2.38. The number of aliphatic hydroxyl groups is 1. The molecule has 98 valence electrons. The van der Waals surface area contributed by atoms with Crippen molar-refractivity contribution < 1.29 is 5.11 Å². The van der Waals surface area contributed by atoms with Crippen molar-refractivity contribution in [2.75, 3.05) is 39.3 Å². The van der Waals surface area contributed by atoms with E-state index in [2.05, 4.69) is 9.80 Å². The molecule has 3 rings (SSSR count). The lowest BCUT2D eigenvalue weighted by Crippen LogP contribution is -2.53. The van der Waals surface area contributed by atoms with Crippen LogP contribution in [0.3, 0.4) is 0 Å². The molecule has 0 bridgehead atoms. The van der Waals surface area contributed by atoms with Crippen LogP contribution < -0.4 is 0 Å². The van der Waals surface area contributed by atoms with Gasteiger partial charge in [0.25, 0.3) is 0 Å². The quantitative estimate of drug-likeness (QED) is 0.803. The van der Waals surface area contributed by atoms with Crippen LogP contribution in [0.1, 0.15) is 38.5 Å². The van der Waals surface area contributed by atoms with Gasteiger partial charge < -0.3 is 5.11 Å². The summed E-state index contributed by atoms with van der Waals surface area (Å²) in [5.41, 5.74) is 0.251. The number of aliphatic hydroxyl groups excluding tert-OH is 1. The van der Waals surface area contributed by atoms with Gasteiger partial charge in [-0.1, -0.05) is 12.8 Å². The third-order valence-corrected chi connectivity index (χ3v) is 5.23. The molecule has 3 nitrogen and oxygen atoms in total. The molecule has 2 saturated heterocycles. The molecular formula is C14H26N2O. The van der Waals surface area contributed by atoms with Crippen LogP contribution in [0.15, 0.2) is 0 Å². The van der Waals surface area contributed by atoms with Crippen LogP contribution >= 0.6 is 0 Å². The Morgan fingerprint density at radius 3 is 2.65 bits per heavy atom. The van der Waals surface area contributed by atoms with E-state index in [0.717, 1.165) is 12.6 Å². The average Bonchev–Trinajstić information content (AvgIpc) is 2.97. The van der Waals surface area contributed by atoms with Crippen LogP contribution in [0.25, 0.3) is 0 Å². The molecule has 0 amide bonds. The molecule has 1 unspecified atom stereocenters. The summed E-state index contributed by atoms with van der Waals surface area (Å²) in [6, 6.07) is 0.820. The second kappa shape index (κ2) is 4.87. The molecule has 0 radical (unpaired) electrons. The highest BCUT2D eigenvalue weighted by atomic mass is 16.3. The number of hydrogen-bond acceptors (Lipinski definition) is 3. The topological polar surface area (TPSA) is 26.7 Å². The fourth-order valence-electron chi connectivity index (χ4n) is 4.16. The highest BCUT2D eigenvalue weighted by molar-refractivity contribution is 4.92. The molecule has 2 aliphatic heterocycles. The van der Waals surface area contributed by atoms with Gasteiger partial charge in [-0.2, -0.15) is 0 Å². The molecule has 1 aliphatic carbocycles. The zero-order valence-electron chi connectivity index (χ0n) is 10.9. The van der Waals surface area contributed by atoms with Gasteiger partial charge in [0.2, 0.25) is 0 Å². The van der Waals surface area contributed by atoms with E-state index < -0.39 is 0 Å². The molecule has 1 N–H and O–H groups in total. The number of nitrogens with zero attached hydrogens (tertiary/aromatic N) is 2. The molecule has 17 heavy (non-hydrogen) atoms. The highest BCUT2D eigenvalue weighted by Crippen LogP contribution is 2.39. The zero-order valence-corrected chi connectivity index (χ0v) is 10.9. The van der Waals surface area contributed by atoms with Gasteiger partial charge in [0.05, 0.1) is 0 Å². The lowest BCUT2D eigenvalue weighted by atomic mass is 9.86. The van der Waals surface area contributed by atoms with E-state index in [9.17, 15) is 5.11 Å². The van der Waals surface area contributed by atoms with E-state index >= 15 is 0 Å². The number of piperazine rings is 1. The maximum absolute atomic E-state index is 9.70. The zero-order chi connectivity index (χ0) is 11.7. The third-order valence-electron chi connectivity index (χ3n) is 5.23. The molecule has 0 spiro atoms. The summed E-state index contributed by atoms with van der Waals surface area (Å²) in [5.74, 6) is 0. The van der Waals surface area contributed by atoms with Crippen LogP contribution in [0.2, 0.25) is 0 Å². The minimum atomic E-state index is 0.251. The predicted molar refractivity (Wildman–Crippen MR) is 69.0 cm³/mol. The molecule has 3 heteroatoms. The molecule has 0 aromatic rings. The largest absolute Gasteiger partial charge is 0.396 e. The van der Waals surface area contributed by atoms with Crippen LogP contribution in [0, 0.1) is 5.41 Å². The average molecular weight is 238 g/mol. The molecule has 0 aromatic heterocycles. The first-order valence-electron chi connectivity index (χ1n) is 7.39. The number of hydrogen-bond donors (Lipinski definition) is 1. The number of rotatable bonds is 3. The van der Waals surface area contributed by atoms with Gasteiger partial charge in [-0.3, -0.25) is 9.80 Å². The van der Waals surface area contributed by atoms with Crippen LogP contribution in [0.5, 0.6) is 0 Å². The van der Waals surface area contributed by atoms with E-state index in [-0.39, 0.29) is 5.41 Å². The summed E-state index contributed by atoms with van der Waals surface area (Å²) < 4.78 is 0. The van der Waals surface area contributed by atoms with Gasteiger partial charge >= 0.3 is 0 Å². The van der Waals surface area contributed by atoms with Crippen LogP contribution in [-0.4, -0.2) is 60.3 Å². The summed E-state index contributed by atoms with van der Waals surface area (Å²) in [7, 11) is 0. The normalized spacial score (nSPS) is 34.1. The van der Waals surface area contributed by atoms with E-state index in [1.165, 1.54) is 64.7 Å². The second-order valence-corrected chi connectivity index (χ2v) is 6.43. The van der Waals surface area contributed by atoms with Crippen molar-refractivity contribution in [2.24, 2.45) is 5.41 Å². The minimum Gasteiger partial charge on any atom is -0.396 e. The fraction of sp³-hybridized carbons (Fsp3) is 1.00. The second-order valence-electron chi connectivity index (χ2n) is 6.43. The van der Waals surface area contributed by atoms with Crippen molar-refractivity contribution in [3.63, 3.8) is 0 Å². The van der Waals surface area contributed by atoms with Gasteiger partial charge in [0.15, 0.2) is 0 Å². The van der Waals surface area contributed by atoms with Crippen molar-refractivity contribution >= 4 is 0 Å². The Labute approximate surface area is 105 Å². The van der Waals surface area contributed by atoms with Crippen molar-refractivity contribution in [3.05, 3.63) is 0 Å². The monoisotopic (exact) mass is 238 g/mol. The lowest BCUT2D eigenvalue weighted by Gasteiger charge is -2.41. The molecule has 2 heterocycles. The molecule has 1 saturated carbocycles. The first-order chi connectivity index (χ1) is 8.31. The SMILES string of the molecule is OCC1(CN2CCN3CCCC3C2)CCCC1. The first-order valence-corrected chi connectivity index (χ1v) is 7.39. The number of fused-ring (bicyclic) bond motifs is 1. The van der Waals surface area contributed by atoms with E-state index in [1.807, 2.05) is 0 Å². The maximum Gasteiger partial charge on any atom is 0.0499 e. The lowest BCUT2D eigenvalue weighted by molar-refractivity contribution is 0.0371. The smallest absolute Gasteiger partial charge is 0.0499 e. The maximum atomic E-state index is 9.70. The van der Waals surface area contributed by atoms with Gasteiger partial charge in [-0.25, -0.2) is 0 Å². The predicted octanol–water partition coefficient (Wildman–Crippen LogP) is 1.32. The molecular weight excluding hydrogens is 212 g/mol. The van der Waals surface area contributed by atoms with Gasteiger partial charge in [-0.05, 0) is 32.2 Å². The van der Waals surface area contributed by atoms with Crippen LogP contribution in [-0.2, 0) is 0 Å². The molecule has 1 atom stereocenters. The van der Waals surface area contributed by atoms with Gasteiger partial charge in [0.1, 0.15) is 0 Å². The third kappa shape index (κ3) is 2.38. The summed E-state index contributed by atoms with van der Waals surface area (Å²) in [5, 5.41) is 9.70. The van der Waals surface area contributed by atoms with Crippen molar-refractivity contribution in [2.45, 2.75) is 44.6 Å². The van der Waals surface area contributed by atoms with E-state index in [0.29, 0.717) is 6.61 Å². The van der Waals surface area contributed by atoms with Crippen LogP contribution in [0.4, 0.5) is 0 Å². The summed E-state index contributed by atoms with van der Waals surface area (Å²) in [6.07, 6.45) is 7.92. The van der Waals surface area contributed by atoms with Crippen molar-refractivity contribution in [1.29, 1.82) is 0 Å². The van der Waals surface area contributed by atoms with Crippen molar-refractivity contribution in [1.82, 2.24) is 9.80 Å². The minimum absolute atomic E-state index is 0.251. The Morgan fingerprint density at radius 1 is 1.06 bits per heavy atom. The Morgan fingerprint density at radius 2 is 1.88 bits per heavy atom. The van der Waals surface area contributed by atoms with E-state index in [1.54, 1.807) is 0 Å². The van der Waals surface area contributed by atoms with Gasteiger partial charge in [0, 0.05) is 44.2 Å². The van der Waals surface area contributed by atoms with E-state index in [4.69, 9.17) is 0 Å². The Kier molecular flexibility index (Phi) is 3.42. The molecule has 0 aromatic carbocycles. The first kappa shape index (κ1) is 11.9. The summed E-state index contributed by atoms with van der Waals surface area (Å²) in [6.45, 7) is 6.60. The Balaban J connectivity index is 1.58. The fourth-order valence-corrected chi connectivity index (χ4v) is 4.16.